The molecule has 0 radical (unpaired) electrons. The molecular weight excluding hydrogens is 308 g/mol. The fourth-order valence-corrected chi connectivity index (χ4v) is 4.07. The minimum Gasteiger partial charge on any atom is -0.465 e. The average molecular weight is 315 g/mol. The van der Waals surface area contributed by atoms with Crippen molar-refractivity contribution in [2.45, 2.75) is 6.10 Å². The molecule has 0 aliphatic heterocycles. The van der Waals surface area contributed by atoms with E-state index in [4.69, 9.17) is 4.42 Å². The molecule has 0 aliphatic carbocycles. The SMILES string of the molecule is OC(c1cc2sccc2s1)c1occc1Br. The van der Waals surface area contributed by atoms with Gasteiger partial charge < -0.3 is 9.52 Å². The monoisotopic (exact) mass is 314 g/mol. The molecule has 16 heavy (non-hydrogen) atoms. The van der Waals surface area contributed by atoms with Gasteiger partial charge in [0.2, 0.25) is 0 Å². The van der Waals surface area contributed by atoms with E-state index in [0.717, 1.165) is 9.35 Å². The first-order valence-electron chi connectivity index (χ1n) is 4.63. The lowest BCUT2D eigenvalue weighted by Gasteiger charge is -2.04. The molecule has 1 N–H and O–H groups in total. The van der Waals surface area contributed by atoms with E-state index in [0.29, 0.717) is 5.76 Å². The van der Waals surface area contributed by atoms with Gasteiger partial charge in [0.15, 0.2) is 5.76 Å². The van der Waals surface area contributed by atoms with Crippen LogP contribution in [-0.2, 0) is 0 Å². The number of thiophene rings is 2. The maximum Gasteiger partial charge on any atom is 0.151 e. The van der Waals surface area contributed by atoms with Gasteiger partial charge in [0.25, 0.3) is 0 Å². The summed E-state index contributed by atoms with van der Waals surface area (Å²) in [6.07, 6.45) is 0.882. The molecule has 2 nitrogen and oxygen atoms in total. The first-order valence-corrected chi connectivity index (χ1v) is 7.12. The Morgan fingerprint density at radius 2 is 2.19 bits per heavy atom. The minimum absolute atomic E-state index is 0.564. The highest BCUT2D eigenvalue weighted by atomic mass is 79.9. The second-order valence-corrected chi connectivity index (χ2v) is 6.25. The lowest BCUT2D eigenvalue weighted by molar-refractivity contribution is 0.192. The van der Waals surface area contributed by atoms with Crippen molar-refractivity contribution in [2.24, 2.45) is 0 Å². The highest BCUT2D eigenvalue weighted by Crippen LogP contribution is 2.37. The van der Waals surface area contributed by atoms with Crippen LogP contribution in [0, 0.1) is 0 Å². The first-order chi connectivity index (χ1) is 7.75. The summed E-state index contributed by atoms with van der Waals surface area (Å²) in [7, 11) is 0. The summed E-state index contributed by atoms with van der Waals surface area (Å²) in [6.45, 7) is 0. The van der Waals surface area contributed by atoms with E-state index in [1.54, 1.807) is 35.0 Å². The molecule has 0 saturated carbocycles. The van der Waals surface area contributed by atoms with Crippen molar-refractivity contribution in [3.63, 3.8) is 0 Å². The number of hydrogen-bond donors (Lipinski definition) is 1. The predicted molar refractivity (Wildman–Crippen MR) is 70.2 cm³/mol. The van der Waals surface area contributed by atoms with Crippen molar-refractivity contribution in [1.82, 2.24) is 0 Å². The minimum atomic E-state index is -0.686. The molecular formula is C11H7BrO2S2. The third-order valence-corrected chi connectivity index (χ3v) is 5.12. The number of aliphatic hydroxyl groups excluding tert-OH is 1. The first kappa shape index (κ1) is 10.5. The number of rotatable bonds is 2. The Bertz CT molecular complexity index is 594. The molecule has 0 spiro atoms. The van der Waals surface area contributed by atoms with Crippen LogP contribution in [0.3, 0.4) is 0 Å². The van der Waals surface area contributed by atoms with E-state index >= 15 is 0 Å². The topological polar surface area (TPSA) is 33.4 Å². The van der Waals surface area contributed by atoms with E-state index in [1.807, 2.05) is 6.07 Å². The second-order valence-electron chi connectivity index (χ2n) is 3.33. The molecule has 5 heteroatoms. The van der Waals surface area contributed by atoms with Gasteiger partial charge >= 0.3 is 0 Å². The van der Waals surface area contributed by atoms with Gasteiger partial charge in [-0.1, -0.05) is 0 Å². The zero-order valence-electron chi connectivity index (χ0n) is 8.01. The summed E-state index contributed by atoms with van der Waals surface area (Å²) in [5.41, 5.74) is 0. The van der Waals surface area contributed by atoms with Crippen molar-refractivity contribution in [3.8, 4) is 0 Å². The molecule has 1 atom stereocenters. The van der Waals surface area contributed by atoms with E-state index in [1.165, 1.54) is 9.40 Å². The molecule has 3 rings (SSSR count). The van der Waals surface area contributed by atoms with Crippen LogP contribution < -0.4 is 0 Å². The average Bonchev–Trinajstić information content (AvgIpc) is 2.89. The molecule has 82 valence electrons. The van der Waals surface area contributed by atoms with Crippen LogP contribution in [0.2, 0.25) is 0 Å². The van der Waals surface area contributed by atoms with Crippen molar-refractivity contribution in [2.75, 3.05) is 0 Å². The fourth-order valence-electron chi connectivity index (χ4n) is 1.55. The Balaban J connectivity index is 2.04. The fraction of sp³-hybridized carbons (Fsp3) is 0.0909. The Morgan fingerprint density at radius 3 is 2.88 bits per heavy atom. The zero-order chi connectivity index (χ0) is 11.1. The van der Waals surface area contributed by atoms with Gasteiger partial charge in [-0.2, -0.15) is 0 Å². The normalized spacial score (nSPS) is 13.4. The molecule has 1 unspecified atom stereocenters. The smallest absolute Gasteiger partial charge is 0.151 e. The molecule has 0 aliphatic rings. The van der Waals surface area contributed by atoms with Gasteiger partial charge in [0.05, 0.1) is 10.7 Å². The standard InChI is InChI=1S/C11H7BrO2S2/c12-6-1-3-14-11(6)10(13)9-5-8-7(16-9)2-4-15-8/h1-5,10,13H. The summed E-state index contributed by atoms with van der Waals surface area (Å²) in [5.74, 6) is 0.564. The molecule has 3 aromatic heterocycles. The third-order valence-electron chi connectivity index (χ3n) is 2.32. The second kappa shape index (κ2) is 4.00. The number of furan rings is 1. The highest BCUT2D eigenvalue weighted by Gasteiger charge is 2.19. The number of halogens is 1. The van der Waals surface area contributed by atoms with Crippen LogP contribution in [0.4, 0.5) is 0 Å². The maximum absolute atomic E-state index is 10.2. The van der Waals surface area contributed by atoms with Crippen LogP contribution in [0.15, 0.2) is 38.7 Å². The zero-order valence-corrected chi connectivity index (χ0v) is 11.2. The van der Waals surface area contributed by atoms with Crippen LogP contribution in [0.5, 0.6) is 0 Å². The van der Waals surface area contributed by atoms with Gasteiger partial charge in [0.1, 0.15) is 6.10 Å². The molecule has 0 aromatic carbocycles. The van der Waals surface area contributed by atoms with Crippen molar-refractivity contribution < 1.29 is 9.52 Å². The highest BCUT2D eigenvalue weighted by molar-refractivity contribution is 9.10. The molecule has 0 bridgehead atoms. The summed E-state index contributed by atoms with van der Waals surface area (Å²) in [6, 6.07) is 5.87. The number of hydrogen-bond acceptors (Lipinski definition) is 4. The Labute approximate surface area is 108 Å². The van der Waals surface area contributed by atoms with Gasteiger partial charge in [-0.25, -0.2) is 0 Å². The number of aliphatic hydroxyl groups is 1. The van der Waals surface area contributed by atoms with Crippen LogP contribution in [0.25, 0.3) is 9.40 Å². The van der Waals surface area contributed by atoms with Crippen molar-refractivity contribution >= 4 is 48.0 Å². The van der Waals surface area contributed by atoms with E-state index in [2.05, 4.69) is 27.4 Å². The summed E-state index contributed by atoms with van der Waals surface area (Å²) in [5, 5.41) is 12.2. The van der Waals surface area contributed by atoms with E-state index in [-0.39, 0.29) is 0 Å². The lowest BCUT2D eigenvalue weighted by Crippen LogP contribution is -1.95. The lowest BCUT2D eigenvalue weighted by atomic mass is 10.2. The summed E-state index contributed by atoms with van der Waals surface area (Å²) < 4.78 is 8.49. The maximum atomic E-state index is 10.2. The summed E-state index contributed by atoms with van der Waals surface area (Å²) in [4.78, 5) is 0.914. The van der Waals surface area contributed by atoms with Gasteiger partial charge in [-0.15, -0.1) is 22.7 Å². The van der Waals surface area contributed by atoms with Gasteiger partial charge in [-0.3, -0.25) is 0 Å². The van der Waals surface area contributed by atoms with Gasteiger partial charge in [-0.05, 0) is 39.5 Å². The molecule has 0 fully saturated rings. The van der Waals surface area contributed by atoms with Crippen molar-refractivity contribution in [3.05, 3.63) is 45.0 Å². The summed E-state index contributed by atoms with van der Waals surface area (Å²) >= 11 is 6.63. The van der Waals surface area contributed by atoms with Gasteiger partial charge in [0, 0.05) is 14.3 Å². The quantitative estimate of drug-likeness (QED) is 0.760. The molecule has 3 heterocycles. The largest absolute Gasteiger partial charge is 0.465 e. The molecule has 3 aromatic rings. The van der Waals surface area contributed by atoms with E-state index < -0.39 is 6.10 Å². The third kappa shape index (κ3) is 1.64. The van der Waals surface area contributed by atoms with Crippen molar-refractivity contribution in [1.29, 1.82) is 0 Å². The molecule has 0 saturated heterocycles. The van der Waals surface area contributed by atoms with Crippen LogP contribution in [0.1, 0.15) is 16.7 Å². The Kier molecular flexibility index (Phi) is 2.63. The number of fused-ring (bicyclic) bond motifs is 1. The predicted octanol–water partition coefficient (Wildman–Crippen LogP) is 4.40. The van der Waals surface area contributed by atoms with E-state index in [9.17, 15) is 5.11 Å². The Hall–Kier alpha value is -0.620. The molecule has 0 amide bonds. The Morgan fingerprint density at radius 1 is 1.31 bits per heavy atom. The van der Waals surface area contributed by atoms with Crippen LogP contribution >= 0.6 is 38.6 Å². The van der Waals surface area contributed by atoms with Crippen LogP contribution in [-0.4, -0.2) is 5.11 Å².